The van der Waals surface area contributed by atoms with Crippen LogP contribution in [0.15, 0.2) is 6.33 Å². The molecule has 1 aromatic rings. The first kappa shape index (κ1) is 5.81. The molecular formula is C3H5BN4O. The number of hydrogen-bond donors (Lipinski definition) is 2. The van der Waals surface area contributed by atoms with Crippen molar-refractivity contribution in [1.29, 1.82) is 0 Å². The highest BCUT2D eigenvalue weighted by atomic mass is 16.1. The minimum atomic E-state index is -0.172. The molecule has 1 amide bonds. The molecule has 0 saturated heterocycles. The second kappa shape index (κ2) is 2.30. The summed E-state index contributed by atoms with van der Waals surface area (Å²) in [4.78, 5) is 14.0. The molecule has 0 spiro atoms. The predicted molar refractivity (Wildman–Crippen MR) is 33.9 cm³/mol. The van der Waals surface area contributed by atoms with Crippen LogP contribution in [0, 0.1) is 0 Å². The van der Waals surface area contributed by atoms with Gasteiger partial charge in [-0.25, -0.2) is 4.98 Å². The Morgan fingerprint density at radius 3 is 3.11 bits per heavy atom. The fourth-order valence-electron chi connectivity index (χ4n) is 0.427. The van der Waals surface area contributed by atoms with Crippen LogP contribution in [0.3, 0.4) is 0 Å². The number of nitrogens with zero attached hydrogens (tertiary/aromatic N) is 2. The SMILES string of the molecule is BC(=O)Nc1nc[nH]n1. The third-order valence-corrected chi connectivity index (χ3v) is 0.703. The van der Waals surface area contributed by atoms with Crippen LogP contribution >= 0.6 is 0 Å². The largest absolute Gasteiger partial charge is 0.303 e. The number of aromatic amines is 1. The van der Waals surface area contributed by atoms with Gasteiger partial charge in [0, 0.05) is 0 Å². The molecule has 1 aromatic heterocycles. The highest BCUT2D eigenvalue weighted by Crippen LogP contribution is 1.89. The van der Waals surface area contributed by atoms with E-state index < -0.39 is 0 Å². The van der Waals surface area contributed by atoms with Gasteiger partial charge in [0.05, 0.1) is 0 Å². The van der Waals surface area contributed by atoms with Gasteiger partial charge in [-0.05, 0) is 0 Å². The van der Waals surface area contributed by atoms with E-state index in [0.29, 0.717) is 5.95 Å². The van der Waals surface area contributed by atoms with Crippen molar-refractivity contribution < 1.29 is 4.79 Å². The lowest BCUT2D eigenvalue weighted by molar-refractivity contribution is 0.268. The molecule has 0 atom stereocenters. The van der Waals surface area contributed by atoms with E-state index in [1.165, 1.54) is 14.2 Å². The molecule has 0 radical (unpaired) electrons. The quantitative estimate of drug-likeness (QED) is 0.470. The standard InChI is InChI=1S/C3H5BN4O/c4-2(9)7-3-5-1-6-8-3/h1H,4H2,(H2,5,6,7,8,9). The minimum Gasteiger partial charge on any atom is -0.303 e. The number of carbonyl (C=O) groups excluding carboxylic acids is 1. The molecule has 0 bridgehead atoms. The Kier molecular flexibility index (Phi) is 1.48. The van der Waals surface area contributed by atoms with Gasteiger partial charge in [-0.3, -0.25) is 9.89 Å². The van der Waals surface area contributed by atoms with Crippen molar-refractivity contribution in [1.82, 2.24) is 15.2 Å². The van der Waals surface area contributed by atoms with Crippen LogP contribution in [0.25, 0.3) is 0 Å². The molecule has 1 rings (SSSR count). The molecule has 0 aliphatic heterocycles. The lowest BCUT2D eigenvalue weighted by Gasteiger charge is -1.89. The second-order valence-electron chi connectivity index (χ2n) is 1.50. The Balaban J connectivity index is 2.58. The van der Waals surface area contributed by atoms with Crippen LogP contribution in [0.4, 0.5) is 10.7 Å². The molecule has 0 aliphatic carbocycles. The number of anilines is 1. The van der Waals surface area contributed by atoms with E-state index in [1.807, 2.05) is 0 Å². The van der Waals surface area contributed by atoms with Gasteiger partial charge >= 0.3 is 0 Å². The summed E-state index contributed by atoms with van der Waals surface area (Å²) < 4.78 is 0. The summed E-state index contributed by atoms with van der Waals surface area (Å²) in [5.41, 5.74) is 0. The van der Waals surface area contributed by atoms with Gasteiger partial charge in [-0.2, -0.15) is 0 Å². The molecule has 6 heteroatoms. The molecule has 5 nitrogen and oxygen atoms in total. The lowest BCUT2D eigenvalue weighted by Crippen LogP contribution is -2.09. The zero-order chi connectivity index (χ0) is 6.69. The maximum atomic E-state index is 10.3. The average molecular weight is 124 g/mol. The van der Waals surface area contributed by atoms with Crippen LogP contribution in [-0.2, 0) is 0 Å². The summed E-state index contributed by atoms with van der Waals surface area (Å²) in [6.07, 6.45) is 1.39. The normalized spacial score (nSPS) is 8.89. The monoisotopic (exact) mass is 124 g/mol. The Labute approximate surface area is 52.3 Å². The lowest BCUT2D eigenvalue weighted by atomic mass is 10.1. The molecule has 0 fully saturated rings. The van der Waals surface area contributed by atoms with Crippen molar-refractivity contribution in [2.75, 3.05) is 5.32 Å². The fraction of sp³-hybridized carbons (Fsp3) is 0. The van der Waals surface area contributed by atoms with Crippen molar-refractivity contribution >= 4 is 19.6 Å². The number of rotatable bonds is 1. The van der Waals surface area contributed by atoms with Crippen molar-refractivity contribution in [3.63, 3.8) is 0 Å². The predicted octanol–water partition coefficient (Wildman–Crippen LogP) is -1.03. The topological polar surface area (TPSA) is 70.7 Å². The molecule has 46 valence electrons. The van der Waals surface area contributed by atoms with E-state index in [4.69, 9.17) is 0 Å². The van der Waals surface area contributed by atoms with Crippen LogP contribution < -0.4 is 5.32 Å². The molecule has 0 aromatic carbocycles. The minimum absolute atomic E-state index is 0.172. The first-order valence-electron chi connectivity index (χ1n) is 2.42. The van der Waals surface area contributed by atoms with Gasteiger partial charge in [-0.15, -0.1) is 5.10 Å². The average Bonchev–Trinajstić information content (AvgIpc) is 2.15. The summed E-state index contributed by atoms with van der Waals surface area (Å²) in [6.45, 7) is 0. The number of carbonyl (C=O) groups is 1. The number of amides is 1. The number of hydrogen-bond acceptors (Lipinski definition) is 3. The van der Waals surface area contributed by atoms with Gasteiger partial charge < -0.3 is 5.32 Å². The maximum absolute atomic E-state index is 10.3. The zero-order valence-electron chi connectivity index (χ0n) is 4.88. The fourth-order valence-corrected chi connectivity index (χ4v) is 0.427. The van der Waals surface area contributed by atoms with Crippen LogP contribution in [0.2, 0.25) is 0 Å². The summed E-state index contributed by atoms with van der Waals surface area (Å²) in [5.74, 6) is 0.136. The second-order valence-corrected chi connectivity index (χ2v) is 1.50. The van der Waals surface area contributed by atoms with E-state index in [-0.39, 0.29) is 5.81 Å². The van der Waals surface area contributed by atoms with Crippen molar-refractivity contribution in [3.8, 4) is 0 Å². The Bertz CT molecular complexity index is 196. The van der Waals surface area contributed by atoms with Gasteiger partial charge in [0.2, 0.25) is 13.8 Å². The molecule has 1 heterocycles. The van der Waals surface area contributed by atoms with Gasteiger partial charge in [0.15, 0.2) is 5.81 Å². The molecule has 9 heavy (non-hydrogen) atoms. The summed E-state index contributed by atoms with van der Waals surface area (Å²) in [5, 5.41) is 8.44. The van der Waals surface area contributed by atoms with Gasteiger partial charge in [0.1, 0.15) is 6.33 Å². The Morgan fingerprint density at radius 1 is 1.89 bits per heavy atom. The molecule has 0 aliphatic rings. The van der Waals surface area contributed by atoms with Gasteiger partial charge in [0.25, 0.3) is 0 Å². The number of H-pyrrole nitrogens is 1. The van der Waals surface area contributed by atoms with E-state index in [2.05, 4.69) is 20.5 Å². The zero-order valence-corrected chi connectivity index (χ0v) is 4.88. The Hall–Kier alpha value is -1.33. The third-order valence-electron chi connectivity index (χ3n) is 0.703. The number of nitrogens with one attached hydrogen (secondary N) is 2. The first-order valence-corrected chi connectivity index (χ1v) is 2.42. The van der Waals surface area contributed by atoms with Gasteiger partial charge in [-0.1, -0.05) is 0 Å². The van der Waals surface area contributed by atoms with Crippen molar-refractivity contribution in [3.05, 3.63) is 6.33 Å². The van der Waals surface area contributed by atoms with E-state index in [0.717, 1.165) is 0 Å². The smallest absolute Gasteiger partial charge is 0.247 e. The molecule has 0 unspecified atom stereocenters. The Morgan fingerprint density at radius 2 is 2.67 bits per heavy atom. The van der Waals surface area contributed by atoms with E-state index in [9.17, 15) is 4.79 Å². The number of aromatic nitrogens is 3. The summed E-state index contributed by atoms with van der Waals surface area (Å²) in [7, 11) is 1.40. The van der Waals surface area contributed by atoms with Crippen LogP contribution in [0.1, 0.15) is 0 Å². The van der Waals surface area contributed by atoms with Crippen molar-refractivity contribution in [2.24, 2.45) is 0 Å². The highest BCUT2D eigenvalue weighted by molar-refractivity contribution is 6.60. The van der Waals surface area contributed by atoms with E-state index in [1.54, 1.807) is 0 Å². The molecule has 0 saturated carbocycles. The maximum Gasteiger partial charge on any atom is 0.247 e. The third kappa shape index (κ3) is 1.56. The van der Waals surface area contributed by atoms with Crippen LogP contribution in [0.5, 0.6) is 0 Å². The first-order chi connectivity index (χ1) is 4.29. The summed E-state index contributed by atoms with van der Waals surface area (Å²) in [6, 6.07) is 0. The molecular weight excluding hydrogens is 119 g/mol. The van der Waals surface area contributed by atoms with Crippen LogP contribution in [-0.4, -0.2) is 28.8 Å². The molecule has 2 N–H and O–H groups in total. The van der Waals surface area contributed by atoms with Crippen molar-refractivity contribution in [2.45, 2.75) is 0 Å². The van der Waals surface area contributed by atoms with E-state index >= 15 is 0 Å². The summed E-state index contributed by atoms with van der Waals surface area (Å²) >= 11 is 0. The highest BCUT2D eigenvalue weighted by Gasteiger charge is 1.94.